The second-order valence-corrected chi connectivity index (χ2v) is 6.64. The molecule has 0 aromatic heterocycles. The summed E-state index contributed by atoms with van der Waals surface area (Å²) in [5.41, 5.74) is 0.504. The standard InChI is InChI=1S/C17H35NO2/c1-6-17(4,5)14-9-11-15(12-10-14)18-13-16(19-7-2)20-8-3/h14-16,18H,6-13H2,1-5H3. The van der Waals surface area contributed by atoms with Crippen molar-refractivity contribution in [1.29, 1.82) is 0 Å². The third-order valence-corrected chi connectivity index (χ3v) is 5.02. The molecule has 3 heteroatoms. The maximum atomic E-state index is 5.58. The van der Waals surface area contributed by atoms with Crippen LogP contribution < -0.4 is 5.32 Å². The molecule has 1 N–H and O–H groups in total. The zero-order valence-corrected chi connectivity index (χ0v) is 14.2. The first-order chi connectivity index (χ1) is 9.53. The van der Waals surface area contributed by atoms with Crippen molar-refractivity contribution in [3.8, 4) is 0 Å². The van der Waals surface area contributed by atoms with E-state index in [4.69, 9.17) is 9.47 Å². The molecule has 0 spiro atoms. The maximum Gasteiger partial charge on any atom is 0.169 e. The van der Waals surface area contributed by atoms with Gasteiger partial charge in [0, 0.05) is 25.8 Å². The molecule has 0 aromatic rings. The van der Waals surface area contributed by atoms with Crippen LogP contribution in [0, 0.1) is 11.3 Å². The monoisotopic (exact) mass is 285 g/mol. The Bertz CT molecular complexity index is 241. The third-order valence-electron chi connectivity index (χ3n) is 5.02. The van der Waals surface area contributed by atoms with Crippen LogP contribution in [0.25, 0.3) is 0 Å². The molecule has 0 aliphatic heterocycles. The van der Waals surface area contributed by atoms with E-state index in [1.54, 1.807) is 0 Å². The van der Waals surface area contributed by atoms with Gasteiger partial charge < -0.3 is 14.8 Å². The molecule has 20 heavy (non-hydrogen) atoms. The van der Waals surface area contributed by atoms with Crippen molar-refractivity contribution in [2.45, 2.75) is 79.1 Å². The Kier molecular flexibility index (Phi) is 8.08. The van der Waals surface area contributed by atoms with Gasteiger partial charge in [0.25, 0.3) is 0 Å². The van der Waals surface area contributed by atoms with Crippen molar-refractivity contribution < 1.29 is 9.47 Å². The number of rotatable bonds is 9. The summed E-state index contributed by atoms with van der Waals surface area (Å²) in [7, 11) is 0. The molecule has 1 saturated carbocycles. The summed E-state index contributed by atoms with van der Waals surface area (Å²) < 4.78 is 11.2. The molecule has 1 aliphatic carbocycles. The normalized spacial score (nSPS) is 24.3. The van der Waals surface area contributed by atoms with Gasteiger partial charge in [0.1, 0.15) is 0 Å². The van der Waals surface area contributed by atoms with E-state index in [9.17, 15) is 0 Å². The first kappa shape index (κ1) is 17.9. The highest BCUT2D eigenvalue weighted by Gasteiger charge is 2.31. The zero-order chi connectivity index (χ0) is 15.0. The topological polar surface area (TPSA) is 30.5 Å². The highest BCUT2D eigenvalue weighted by Crippen LogP contribution is 2.40. The SMILES string of the molecule is CCOC(CNC1CCC(C(C)(C)CC)CC1)OCC. The van der Waals surface area contributed by atoms with Crippen LogP contribution in [0.4, 0.5) is 0 Å². The van der Waals surface area contributed by atoms with E-state index < -0.39 is 0 Å². The Morgan fingerprint density at radius 3 is 2.00 bits per heavy atom. The fraction of sp³-hybridized carbons (Fsp3) is 1.00. The predicted molar refractivity (Wildman–Crippen MR) is 84.9 cm³/mol. The van der Waals surface area contributed by atoms with E-state index in [1.807, 2.05) is 13.8 Å². The van der Waals surface area contributed by atoms with E-state index in [0.29, 0.717) is 24.7 Å². The Labute approximate surface area is 125 Å². The van der Waals surface area contributed by atoms with Crippen LogP contribution in [0.3, 0.4) is 0 Å². The lowest BCUT2D eigenvalue weighted by Crippen LogP contribution is -2.41. The number of hydrogen-bond donors (Lipinski definition) is 1. The zero-order valence-electron chi connectivity index (χ0n) is 14.2. The Morgan fingerprint density at radius 2 is 1.55 bits per heavy atom. The Morgan fingerprint density at radius 1 is 1.00 bits per heavy atom. The molecule has 0 saturated heterocycles. The molecule has 0 amide bonds. The van der Waals surface area contributed by atoms with Crippen molar-refractivity contribution in [3.63, 3.8) is 0 Å². The van der Waals surface area contributed by atoms with Crippen LogP contribution in [-0.4, -0.2) is 32.1 Å². The fourth-order valence-corrected chi connectivity index (χ4v) is 3.17. The predicted octanol–water partition coefficient (Wildman–Crippen LogP) is 3.97. The van der Waals surface area contributed by atoms with Gasteiger partial charge in [-0.25, -0.2) is 0 Å². The lowest BCUT2D eigenvalue weighted by atomic mass is 9.69. The second kappa shape index (κ2) is 9.01. The molecule has 1 rings (SSSR count). The molecule has 0 radical (unpaired) electrons. The summed E-state index contributed by atoms with van der Waals surface area (Å²) in [4.78, 5) is 0. The van der Waals surface area contributed by atoms with E-state index in [1.165, 1.54) is 32.1 Å². The number of ether oxygens (including phenoxy) is 2. The molecular formula is C17H35NO2. The smallest absolute Gasteiger partial charge is 0.169 e. The summed E-state index contributed by atoms with van der Waals surface area (Å²) in [5.74, 6) is 0.889. The Hall–Kier alpha value is -0.120. The van der Waals surface area contributed by atoms with Gasteiger partial charge in [-0.05, 0) is 50.9 Å². The lowest BCUT2D eigenvalue weighted by molar-refractivity contribution is -0.134. The minimum Gasteiger partial charge on any atom is -0.352 e. The van der Waals surface area contributed by atoms with Gasteiger partial charge in [-0.3, -0.25) is 0 Å². The summed E-state index contributed by atoms with van der Waals surface area (Å²) >= 11 is 0. The van der Waals surface area contributed by atoms with Crippen molar-refractivity contribution in [2.75, 3.05) is 19.8 Å². The maximum absolute atomic E-state index is 5.58. The molecule has 0 atom stereocenters. The first-order valence-corrected chi connectivity index (χ1v) is 8.50. The van der Waals surface area contributed by atoms with Gasteiger partial charge in [0.15, 0.2) is 6.29 Å². The molecule has 3 nitrogen and oxygen atoms in total. The Balaban J connectivity index is 2.28. The molecule has 0 aromatic carbocycles. The molecule has 1 aliphatic rings. The van der Waals surface area contributed by atoms with Crippen LogP contribution in [0.15, 0.2) is 0 Å². The second-order valence-electron chi connectivity index (χ2n) is 6.64. The average Bonchev–Trinajstić information content (AvgIpc) is 2.46. The third kappa shape index (κ3) is 5.71. The fourth-order valence-electron chi connectivity index (χ4n) is 3.17. The molecule has 120 valence electrons. The van der Waals surface area contributed by atoms with Crippen LogP contribution >= 0.6 is 0 Å². The van der Waals surface area contributed by atoms with Crippen molar-refractivity contribution in [3.05, 3.63) is 0 Å². The lowest BCUT2D eigenvalue weighted by Gasteiger charge is -2.39. The summed E-state index contributed by atoms with van der Waals surface area (Å²) in [6.45, 7) is 13.4. The van der Waals surface area contributed by atoms with E-state index in [0.717, 1.165) is 12.5 Å². The highest BCUT2D eigenvalue weighted by atomic mass is 16.7. The largest absolute Gasteiger partial charge is 0.352 e. The summed E-state index contributed by atoms with van der Waals surface area (Å²) in [5, 5.41) is 3.63. The van der Waals surface area contributed by atoms with Crippen LogP contribution in [0.1, 0.15) is 66.7 Å². The first-order valence-electron chi connectivity index (χ1n) is 8.50. The number of nitrogens with one attached hydrogen (secondary N) is 1. The van der Waals surface area contributed by atoms with Gasteiger partial charge in [-0.1, -0.05) is 27.2 Å². The molecule has 0 heterocycles. The quantitative estimate of drug-likeness (QED) is 0.650. The van der Waals surface area contributed by atoms with Gasteiger partial charge in [0.2, 0.25) is 0 Å². The minimum atomic E-state index is -0.0881. The van der Waals surface area contributed by atoms with E-state index in [2.05, 4.69) is 26.1 Å². The van der Waals surface area contributed by atoms with Crippen LogP contribution in [0.5, 0.6) is 0 Å². The molecule has 0 unspecified atom stereocenters. The van der Waals surface area contributed by atoms with Gasteiger partial charge in [-0.15, -0.1) is 0 Å². The summed E-state index contributed by atoms with van der Waals surface area (Å²) in [6, 6.07) is 0.641. The average molecular weight is 285 g/mol. The molecular weight excluding hydrogens is 250 g/mol. The van der Waals surface area contributed by atoms with E-state index in [-0.39, 0.29) is 6.29 Å². The van der Waals surface area contributed by atoms with Crippen LogP contribution in [0.2, 0.25) is 0 Å². The number of hydrogen-bond acceptors (Lipinski definition) is 3. The van der Waals surface area contributed by atoms with Crippen molar-refractivity contribution in [2.24, 2.45) is 11.3 Å². The highest BCUT2D eigenvalue weighted by molar-refractivity contribution is 4.85. The van der Waals surface area contributed by atoms with E-state index >= 15 is 0 Å². The minimum absolute atomic E-state index is 0.0881. The van der Waals surface area contributed by atoms with Crippen LogP contribution in [-0.2, 0) is 9.47 Å². The van der Waals surface area contributed by atoms with Gasteiger partial charge >= 0.3 is 0 Å². The van der Waals surface area contributed by atoms with Gasteiger partial charge in [-0.2, -0.15) is 0 Å². The van der Waals surface area contributed by atoms with Crippen molar-refractivity contribution >= 4 is 0 Å². The van der Waals surface area contributed by atoms with Crippen molar-refractivity contribution in [1.82, 2.24) is 5.32 Å². The molecule has 1 fully saturated rings. The summed E-state index contributed by atoms with van der Waals surface area (Å²) in [6.07, 6.45) is 6.48. The molecule has 0 bridgehead atoms. The van der Waals surface area contributed by atoms with Gasteiger partial charge in [0.05, 0.1) is 0 Å².